The summed E-state index contributed by atoms with van der Waals surface area (Å²) < 4.78 is 0. The van der Waals surface area contributed by atoms with Crippen LogP contribution in [0.3, 0.4) is 0 Å². The Labute approximate surface area is 118 Å². The van der Waals surface area contributed by atoms with Gasteiger partial charge in [-0.2, -0.15) is 0 Å². The highest BCUT2D eigenvalue weighted by Crippen LogP contribution is 2.21. The summed E-state index contributed by atoms with van der Waals surface area (Å²) >= 11 is 0. The van der Waals surface area contributed by atoms with Gasteiger partial charge in [0.05, 0.1) is 6.54 Å². The maximum atomic E-state index is 5.40. The number of nitrogens with zero attached hydrogens (tertiary/aromatic N) is 1. The summed E-state index contributed by atoms with van der Waals surface area (Å²) in [6, 6.07) is 9.23. The van der Waals surface area contributed by atoms with Crippen LogP contribution in [0.2, 0.25) is 0 Å². The van der Waals surface area contributed by atoms with Crippen LogP contribution in [0.1, 0.15) is 45.2 Å². The predicted octanol–water partition coefficient (Wildman–Crippen LogP) is 3.60. The standard InChI is InChI=1S/C17H26N2/c1-5-13-18-17(7-3)15-9-11-16(12-10-15)19(8-4)14-6-2/h2,9-12,17-18H,5,7-8,13-14H2,1,3-4H3. The van der Waals surface area contributed by atoms with Gasteiger partial charge in [-0.25, -0.2) is 0 Å². The fourth-order valence-corrected chi connectivity index (χ4v) is 2.23. The van der Waals surface area contributed by atoms with Gasteiger partial charge in [-0.1, -0.05) is 31.9 Å². The highest BCUT2D eigenvalue weighted by molar-refractivity contribution is 5.49. The number of benzene rings is 1. The molecular formula is C17H26N2. The minimum atomic E-state index is 0.455. The van der Waals surface area contributed by atoms with Crippen LogP contribution < -0.4 is 10.2 Å². The molecule has 1 N–H and O–H groups in total. The molecule has 0 heterocycles. The SMILES string of the molecule is C#CCN(CC)c1ccc(C(CC)NCCC)cc1. The molecule has 1 aromatic rings. The van der Waals surface area contributed by atoms with Gasteiger partial charge in [0, 0.05) is 18.3 Å². The second kappa shape index (κ2) is 8.61. The van der Waals surface area contributed by atoms with E-state index in [1.807, 2.05) is 0 Å². The van der Waals surface area contributed by atoms with Crippen molar-refractivity contribution in [1.29, 1.82) is 0 Å². The highest BCUT2D eigenvalue weighted by Gasteiger charge is 2.09. The zero-order chi connectivity index (χ0) is 14.1. The van der Waals surface area contributed by atoms with Crippen molar-refractivity contribution in [2.24, 2.45) is 0 Å². The minimum Gasteiger partial charge on any atom is -0.361 e. The van der Waals surface area contributed by atoms with E-state index in [-0.39, 0.29) is 0 Å². The lowest BCUT2D eigenvalue weighted by atomic mass is 10.0. The van der Waals surface area contributed by atoms with Gasteiger partial charge in [-0.3, -0.25) is 0 Å². The van der Waals surface area contributed by atoms with E-state index in [0.29, 0.717) is 12.6 Å². The maximum absolute atomic E-state index is 5.40. The third-order valence-electron chi connectivity index (χ3n) is 3.37. The Kier molecular flexibility index (Phi) is 7.07. The van der Waals surface area contributed by atoms with Gasteiger partial charge in [0.15, 0.2) is 0 Å². The fourth-order valence-electron chi connectivity index (χ4n) is 2.23. The van der Waals surface area contributed by atoms with Crippen LogP contribution in [0.25, 0.3) is 0 Å². The third-order valence-corrected chi connectivity index (χ3v) is 3.37. The molecule has 0 radical (unpaired) electrons. The Bertz CT molecular complexity index is 389. The van der Waals surface area contributed by atoms with E-state index in [4.69, 9.17) is 6.42 Å². The summed E-state index contributed by atoms with van der Waals surface area (Å²) in [5, 5.41) is 3.58. The largest absolute Gasteiger partial charge is 0.361 e. The van der Waals surface area contributed by atoms with Crippen LogP contribution in [0.15, 0.2) is 24.3 Å². The Balaban J connectivity index is 2.76. The molecule has 19 heavy (non-hydrogen) atoms. The van der Waals surface area contributed by atoms with Gasteiger partial charge in [-0.15, -0.1) is 6.42 Å². The quantitative estimate of drug-likeness (QED) is 0.717. The summed E-state index contributed by atoms with van der Waals surface area (Å²) in [4.78, 5) is 2.20. The molecule has 0 aliphatic carbocycles. The van der Waals surface area contributed by atoms with Crippen molar-refractivity contribution >= 4 is 5.69 Å². The smallest absolute Gasteiger partial charge is 0.0791 e. The van der Waals surface area contributed by atoms with Gasteiger partial charge in [0.1, 0.15) is 0 Å². The molecule has 1 unspecified atom stereocenters. The van der Waals surface area contributed by atoms with Gasteiger partial charge in [-0.05, 0) is 44.0 Å². The van der Waals surface area contributed by atoms with Crippen LogP contribution in [0.4, 0.5) is 5.69 Å². The second-order valence-electron chi connectivity index (χ2n) is 4.72. The van der Waals surface area contributed by atoms with Gasteiger partial charge in [0.25, 0.3) is 0 Å². The molecule has 0 aliphatic heterocycles. The van der Waals surface area contributed by atoms with Crippen molar-refractivity contribution in [1.82, 2.24) is 5.32 Å². The Morgan fingerprint density at radius 1 is 1.21 bits per heavy atom. The number of terminal acetylenes is 1. The van der Waals surface area contributed by atoms with Crippen LogP contribution in [-0.2, 0) is 0 Å². The maximum Gasteiger partial charge on any atom is 0.0791 e. The van der Waals surface area contributed by atoms with Crippen LogP contribution in [0.5, 0.6) is 0 Å². The summed E-state index contributed by atoms with van der Waals surface area (Å²) in [6.07, 6.45) is 7.67. The first kappa shape index (κ1) is 15.6. The highest BCUT2D eigenvalue weighted by atomic mass is 15.1. The molecule has 1 atom stereocenters. The van der Waals surface area contributed by atoms with Gasteiger partial charge in [0.2, 0.25) is 0 Å². The summed E-state index contributed by atoms with van der Waals surface area (Å²) in [5.74, 6) is 2.71. The molecule has 0 saturated carbocycles. The first-order valence-corrected chi connectivity index (χ1v) is 7.28. The van der Waals surface area contributed by atoms with Gasteiger partial charge < -0.3 is 10.2 Å². The molecule has 0 spiro atoms. The van der Waals surface area contributed by atoms with E-state index in [0.717, 1.165) is 19.5 Å². The zero-order valence-electron chi connectivity index (χ0n) is 12.4. The predicted molar refractivity (Wildman–Crippen MR) is 84.5 cm³/mol. The average molecular weight is 258 g/mol. The molecule has 2 nitrogen and oxygen atoms in total. The second-order valence-corrected chi connectivity index (χ2v) is 4.72. The number of hydrogen-bond donors (Lipinski definition) is 1. The van der Waals surface area contributed by atoms with Crippen molar-refractivity contribution in [2.75, 3.05) is 24.5 Å². The lowest BCUT2D eigenvalue weighted by Gasteiger charge is -2.22. The molecule has 0 fully saturated rings. The topological polar surface area (TPSA) is 15.3 Å². The van der Waals surface area contributed by atoms with Gasteiger partial charge >= 0.3 is 0 Å². The van der Waals surface area contributed by atoms with E-state index in [9.17, 15) is 0 Å². The lowest BCUT2D eigenvalue weighted by molar-refractivity contribution is 0.518. The first-order valence-electron chi connectivity index (χ1n) is 7.28. The van der Waals surface area contributed by atoms with Crippen molar-refractivity contribution in [3.8, 4) is 12.3 Å². The van der Waals surface area contributed by atoms with Crippen LogP contribution in [0, 0.1) is 12.3 Å². The Hall–Kier alpha value is -1.46. The average Bonchev–Trinajstić information content (AvgIpc) is 2.46. The lowest BCUT2D eigenvalue weighted by Crippen LogP contribution is -2.23. The number of nitrogens with one attached hydrogen (secondary N) is 1. The zero-order valence-corrected chi connectivity index (χ0v) is 12.4. The molecular weight excluding hydrogens is 232 g/mol. The summed E-state index contributed by atoms with van der Waals surface area (Å²) in [6.45, 7) is 9.22. The van der Waals surface area contributed by atoms with E-state index in [1.165, 1.54) is 17.7 Å². The van der Waals surface area contributed by atoms with E-state index in [2.05, 4.69) is 61.2 Å². The van der Waals surface area contributed by atoms with E-state index >= 15 is 0 Å². The normalized spacial score (nSPS) is 11.9. The molecule has 104 valence electrons. The Morgan fingerprint density at radius 2 is 1.89 bits per heavy atom. The Morgan fingerprint density at radius 3 is 2.37 bits per heavy atom. The molecule has 1 aromatic carbocycles. The fraction of sp³-hybridized carbons (Fsp3) is 0.529. The van der Waals surface area contributed by atoms with Crippen molar-refractivity contribution in [3.63, 3.8) is 0 Å². The first-order chi connectivity index (χ1) is 9.26. The summed E-state index contributed by atoms with van der Waals surface area (Å²) in [7, 11) is 0. The minimum absolute atomic E-state index is 0.455. The van der Waals surface area contributed by atoms with E-state index < -0.39 is 0 Å². The van der Waals surface area contributed by atoms with Crippen molar-refractivity contribution in [3.05, 3.63) is 29.8 Å². The summed E-state index contributed by atoms with van der Waals surface area (Å²) in [5.41, 5.74) is 2.56. The molecule has 0 bridgehead atoms. The van der Waals surface area contributed by atoms with Crippen molar-refractivity contribution < 1.29 is 0 Å². The van der Waals surface area contributed by atoms with E-state index in [1.54, 1.807) is 0 Å². The molecule has 1 rings (SSSR count). The number of anilines is 1. The molecule has 0 amide bonds. The molecule has 0 aromatic heterocycles. The number of rotatable bonds is 8. The van der Waals surface area contributed by atoms with Crippen molar-refractivity contribution in [2.45, 2.75) is 39.7 Å². The monoisotopic (exact) mass is 258 g/mol. The molecule has 0 saturated heterocycles. The molecule has 0 aliphatic rings. The number of hydrogen-bond acceptors (Lipinski definition) is 2. The van der Waals surface area contributed by atoms with Crippen LogP contribution >= 0.6 is 0 Å². The third kappa shape index (κ3) is 4.61. The molecule has 2 heteroatoms. The van der Waals surface area contributed by atoms with Crippen LogP contribution in [-0.4, -0.2) is 19.6 Å².